The van der Waals surface area contributed by atoms with Gasteiger partial charge >= 0.3 is 0 Å². The minimum atomic E-state index is -0.371. The van der Waals surface area contributed by atoms with E-state index in [-0.39, 0.29) is 11.8 Å². The zero-order chi connectivity index (χ0) is 20.2. The lowest BCUT2D eigenvalue weighted by molar-refractivity contribution is 0.101. The highest BCUT2D eigenvalue weighted by Crippen LogP contribution is 2.26. The molecular formula is C20H13ClN4O2S2. The van der Waals surface area contributed by atoms with Crippen molar-refractivity contribution in [1.29, 1.82) is 0 Å². The van der Waals surface area contributed by atoms with E-state index in [2.05, 4.69) is 20.0 Å². The van der Waals surface area contributed by atoms with Gasteiger partial charge in [0, 0.05) is 22.7 Å². The summed E-state index contributed by atoms with van der Waals surface area (Å²) < 4.78 is 4.27. The Morgan fingerprint density at radius 2 is 1.76 bits per heavy atom. The maximum atomic E-state index is 12.6. The topological polar surface area (TPSA) is 84.0 Å². The number of nitrogens with one attached hydrogen (secondary N) is 2. The number of carbonyl (C=O) groups excluding carboxylic acids is 2. The standard InChI is InChI=1S/C20H13ClN4O2S2/c21-14-9-8-13(11-15(14)22-19(27)16-7-4-10-28-16)18(26)24-20-23-17(25-29-20)12-5-2-1-3-6-12/h1-11H,(H,22,27)(H,23,24,25,26). The first kappa shape index (κ1) is 19.3. The zero-order valence-electron chi connectivity index (χ0n) is 14.8. The number of anilines is 2. The summed E-state index contributed by atoms with van der Waals surface area (Å²) in [7, 11) is 0. The normalized spacial score (nSPS) is 10.5. The number of benzene rings is 2. The van der Waals surface area contributed by atoms with Gasteiger partial charge in [0.15, 0.2) is 5.82 Å². The molecule has 6 nitrogen and oxygen atoms in total. The summed E-state index contributed by atoms with van der Waals surface area (Å²) in [6.07, 6.45) is 0. The van der Waals surface area contributed by atoms with Crippen LogP contribution in [0.2, 0.25) is 5.02 Å². The van der Waals surface area contributed by atoms with E-state index < -0.39 is 0 Å². The van der Waals surface area contributed by atoms with Crippen LogP contribution >= 0.6 is 34.5 Å². The molecule has 144 valence electrons. The summed E-state index contributed by atoms with van der Waals surface area (Å²) in [4.78, 5) is 29.8. The van der Waals surface area contributed by atoms with E-state index in [0.29, 0.717) is 32.1 Å². The Bertz CT molecular complexity index is 1160. The number of halogens is 1. The van der Waals surface area contributed by atoms with E-state index in [4.69, 9.17) is 11.6 Å². The molecule has 2 aromatic carbocycles. The van der Waals surface area contributed by atoms with Gasteiger partial charge in [-0.25, -0.2) is 0 Å². The summed E-state index contributed by atoms with van der Waals surface area (Å²) >= 11 is 8.59. The highest BCUT2D eigenvalue weighted by Gasteiger charge is 2.15. The van der Waals surface area contributed by atoms with Crippen LogP contribution in [-0.4, -0.2) is 21.2 Å². The second-order valence-corrected chi connectivity index (χ2v) is 7.98. The van der Waals surface area contributed by atoms with Crippen molar-refractivity contribution in [3.8, 4) is 11.4 Å². The summed E-state index contributed by atoms with van der Waals surface area (Å²) in [6.45, 7) is 0. The third-order valence-electron chi connectivity index (χ3n) is 3.90. The summed E-state index contributed by atoms with van der Waals surface area (Å²) in [5.41, 5.74) is 1.57. The number of aromatic nitrogens is 2. The highest BCUT2D eigenvalue weighted by atomic mass is 35.5. The molecule has 29 heavy (non-hydrogen) atoms. The second kappa shape index (κ2) is 8.52. The molecule has 4 rings (SSSR count). The predicted molar refractivity (Wildman–Crippen MR) is 117 cm³/mol. The van der Waals surface area contributed by atoms with Gasteiger partial charge in [-0.2, -0.15) is 9.36 Å². The Morgan fingerprint density at radius 3 is 2.52 bits per heavy atom. The van der Waals surface area contributed by atoms with Crippen LogP contribution in [0.1, 0.15) is 20.0 Å². The van der Waals surface area contributed by atoms with Crippen molar-refractivity contribution >= 4 is 57.1 Å². The number of nitrogens with zero attached hydrogens (tertiary/aromatic N) is 2. The number of hydrogen-bond donors (Lipinski definition) is 2. The molecule has 0 spiro atoms. The second-order valence-electron chi connectivity index (χ2n) is 5.87. The predicted octanol–water partition coefficient (Wildman–Crippen LogP) is 5.42. The van der Waals surface area contributed by atoms with Crippen molar-refractivity contribution in [2.75, 3.05) is 10.6 Å². The molecule has 2 amide bonds. The summed E-state index contributed by atoms with van der Waals surface area (Å²) in [6, 6.07) is 17.7. The fourth-order valence-corrected chi connectivity index (χ4v) is 3.87. The molecule has 0 aliphatic rings. The van der Waals surface area contributed by atoms with Gasteiger partial charge in [-0.1, -0.05) is 48.0 Å². The van der Waals surface area contributed by atoms with E-state index in [0.717, 1.165) is 17.1 Å². The lowest BCUT2D eigenvalue weighted by Crippen LogP contribution is -2.14. The largest absolute Gasteiger partial charge is 0.320 e. The van der Waals surface area contributed by atoms with Crippen LogP contribution in [0.15, 0.2) is 66.0 Å². The molecule has 2 N–H and O–H groups in total. The van der Waals surface area contributed by atoms with Crippen LogP contribution in [-0.2, 0) is 0 Å². The Hall–Kier alpha value is -3.07. The Balaban J connectivity index is 1.49. The van der Waals surface area contributed by atoms with Gasteiger partial charge in [0.2, 0.25) is 5.13 Å². The average molecular weight is 441 g/mol. The van der Waals surface area contributed by atoms with Crippen molar-refractivity contribution in [3.63, 3.8) is 0 Å². The number of hydrogen-bond acceptors (Lipinski definition) is 6. The van der Waals surface area contributed by atoms with E-state index in [1.54, 1.807) is 24.3 Å². The smallest absolute Gasteiger partial charge is 0.265 e. The molecule has 2 aromatic heterocycles. The van der Waals surface area contributed by atoms with Crippen molar-refractivity contribution < 1.29 is 9.59 Å². The monoisotopic (exact) mass is 440 g/mol. The van der Waals surface area contributed by atoms with Gasteiger partial charge in [0.25, 0.3) is 11.8 Å². The molecule has 0 unspecified atom stereocenters. The van der Waals surface area contributed by atoms with E-state index >= 15 is 0 Å². The molecule has 0 atom stereocenters. The molecule has 4 aromatic rings. The van der Waals surface area contributed by atoms with Gasteiger partial charge in [0.1, 0.15) is 0 Å². The Morgan fingerprint density at radius 1 is 0.931 bits per heavy atom. The first-order valence-corrected chi connectivity index (χ1v) is 10.5. The third kappa shape index (κ3) is 4.51. The highest BCUT2D eigenvalue weighted by molar-refractivity contribution is 7.12. The van der Waals surface area contributed by atoms with E-state index in [1.807, 2.05) is 35.7 Å². The summed E-state index contributed by atoms with van der Waals surface area (Å²) in [5, 5.41) is 8.00. The molecule has 0 fully saturated rings. The maximum absolute atomic E-state index is 12.6. The van der Waals surface area contributed by atoms with Gasteiger partial charge < -0.3 is 5.32 Å². The molecule has 0 radical (unpaired) electrons. The van der Waals surface area contributed by atoms with Crippen LogP contribution in [0, 0.1) is 0 Å². The van der Waals surface area contributed by atoms with Crippen molar-refractivity contribution in [2.45, 2.75) is 0 Å². The van der Waals surface area contributed by atoms with Gasteiger partial charge in [-0.15, -0.1) is 11.3 Å². The first-order valence-electron chi connectivity index (χ1n) is 8.45. The number of amides is 2. The Kier molecular flexibility index (Phi) is 5.66. The molecule has 0 saturated carbocycles. The third-order valence-corrected chi connectivity index (χ3v) is 5.73. The van der Waals surface area contributed by atoms with E-state index in [1.165, 1.54) is 17.4 Å². The summed E-state index contributed by atoms with van der Waals surface area (Å²) in [5.74, 6) is -0.106. The van der Waals surface area contributed by atoms with Gasteiger partial charge in [0.05, 0.1) is 15.6 Å². The number of thiophene rings is 1. The quantitative estimate of drug-likeness (QED) is 0.433. The Labute approximate surface area is 179 Å². The lowest BCUT2D eigenvalue weighted by atomic mass is 10.2. The first-order chi connectivity index (χ1) is 14.1. The zero-order valence-corrected chi connectivity index (χ0v) is 17.1. The van der Waals surface area contributed by atoms with Crippen LogP contribution in [0.25, 0.3) is 11.4 Å². The molecule has 0 aliphatic carbocycles. The van der Waals surface area contributed by atoms with Gasteiger partial charge in [-0.05, 0) is 29.6 Å². The van der Waals surface area contributed by atoms with Crippen molar-refractivity contribution in [1.82, 2.24) is 9.36 Å². The van der Waals surface area contributed by atoms with Crippen LogP contribution in [0.4, 0.5) is 10.8 Å². The maximum Gasteiger partial charge on any atom is 0.265 e. The van der Waals surface area contributed by atoms with Crippen LogP contribution in [0.5, 0.6) is 0 Å². The number of carbonyl (C=O) groups is 2. The molecule has 9 heteroatoms. The average Bonchev–Trinajstić information content (AvgIpc) is 3.42. The molecule has 0 saturated heterocycles. The molecule has 0 aliphatic heterocycles. The molecular weight excluding hydrogens is 428 g/mol. The van der Waals surface area contributed by atoms with Gasteiger partial charge in [-0.3, -0.25) is 14.9 Å². The SMILES string of the molecule is O=C(Nc1nc(-c2ccccc2)ns1)c1ccc(Cl)c(NC(=O)c2cccs2)c1. The molecule has 2 heterocycles. The lowest BCUT2D eigenvalue weighted by Gasteiger charge is -2.08. The fraction of sp³-hybridized carbons (Fsp3) is 0. The van der Waals surface area contributed by atoms with Crippen molar-refractivity contribution in [2.24, 2.45) is 0 Å². The molecule has 0 bridgehead atoms. The van der Waals surface area contributed by atoms with E-state index in [9.17, 15) is 9.59 Å². The number of rotatable bonds is 5. The minimum Gasteiger partial charge on any atom is -0.320 e. The van der Waals surface area contributed by atoms with Crippen LogP contribution in [0.3, 0.4) is 0 Å². The van der Waals surface area contributed by atoms with Crippen molar-refractivity contribution in [3.05, 3.63) is 81.5 Å². The van der Waals surface area contributed by atoms with Crippen LogP contribution < -0.4 is 10.6 Å². The minimum absolute atomic E-state index is 0.281. The fourth-order valence-electron chi connectivity index (χ4n) is 2.50.